The minimum atomic E-state index is -0.563. The first-order valence-corrected chi connectivity index (χ1v) is 7.97. The summed E-state index contributed by atoms with van der Waals surface area (Å²) in [5, 5.41) is 12.8. The van der Waals surface area contributed by atoms with Crippen molar-refractivity contribution in [1.82, 2.24) is 5.32 Å². The summed E-state index contributed by atoms with van der Waals surface area (Å²) in [7, 11) is 1.51. The normalized spacial score (nSPS) is 20.2. The average Bonchev–Trinajstić information content (AvgIpc) is 2.99. The van der Waals surface area contributed by atoms with Crippen LogP contribution in [0, 0.1) is 5.41 Å². The number of carbonyl (C=O) groups excluding carboxylic acids is 1. The number of phenols is 1. The lowest BCUT2D eigenvalue weighted by molar-refractivity contribution is -0.0947. The van der Waals surface area contributed by atoms with E-state index in [1.165, 1.54) is 7.05 Å². The quantitative estimate of drug-likeness (QED) is 0.862. The molecule has 0 spiro atoms. The molecule has 0 saturated heterocycles. The minimum absolute atomic E-state index is 0.0917. The van der Waals surface area contributed by atoms with Gasteiger partial charge < -0.3 is 29.4 Å². The van der Waals surface area contributed by atoms with Gasteiger partial charge in [-0.15, -0.1) is 0 Å². The summed E-state index contributed by atoms with van der Waals surface area (Å²) in [4.78, 5) is 11.8. The zero-order valence-corrected chi connectivity index (χ0v) is 14.3. The summed E-state index contributed by atoms with van der Waals surface area (Å²) in [5.74, 6) is 1.19. The topological polar surface area (TPSA) is 86.3 Å². The molecule has 1 aromatic rings. The summed E-state index contributed by atoms with van der Waals surface area (Å²) in [5.41, 5.74) is 1.08. The lowest BCUT2D eigenvalue weighted by Crippen LogP contribution is -2.42. The van der Waals surface area contributed by atoms with Crippen molar-refractivity contribution in [2.45, 2.75) is 39.4 Å². The third kappa shape index (κ3) is 2.84. The van der Waals surface area contributed by atoms with Gasteiger partial charge in [-0.25, -0.2) is 4.79 Å². The molecule has 2 N–H and O–H groups in total. The highest BCUT2D eigenvalue weighted by atomic mass is 16.7. The van der Waals surface area contributed by atoms with Crippen LogP contribution >= 0.6 is 0 Å². The first kappa shape index (κ1) is 16.7. The van der Waals surface area contributed by atoms with E-state index in [1.807, 2.05) is 20.8 Å². The summed E-state index contributed by atoms with van der Waals surface area (Å²) in [6, 6.07) is 1.56. The molecule has 0 bridgehead atoms. The fourth-order valence-electron chi connectivity index (χ4n) is 3.13. The molecule has 0 aliphatic carbocycles. The number of alkyl carbamates (subject to hydrolysis) is 1. The van der Waals surface area contributed by atoms with Crippen LogP contribution in [0.2, 0.25) is 0 Å². The molecule has 3 rings (SSSR count). The Morgan fingerprint density at radius 3 is 2.83 bits per heavy atom. The van der Waals surface area contributed by atoms with Gasteiger partial charge in [-0.1, -0.05) is 20.8 Å². The van der Waals surface area contributed by atoms with Crippen LogP contribution in [-0.2, 0) is 15.9 Å². The molecule has 0 aromatic heterocycles. The Kier molecular flexibility index (Phi) is 4.21. The number of carbonyl (C=O) groups is 1. The van der Waals surface area contributed by atoms with Gasteiger partial charge in [0.2, 0.25) is 6.79 Å². The number of aromatic hydroxyl groups is 1. The molecule has 0 fully saturated rings. The standard InChI is InChI=1S/C17H23NO6/c1-17(2,3)15(24-16(20)18-4)14-12-9(5-6-21-14)10(19)7-11-13(12)23-8-22-11/h7,14-15,19H,5-6,8H2,1-4H3,(H,18,20). The molecule has 1 amide bonds. The van der Waals surface area contributed by atoms with Crippen LogP contribution in [0.1, 0.15) is 38.0 Å². The van der Waals surface area contributed by atoms with Crippen LogP contribution in [0.5, 0.6) is 17.2 Å². The summed E-state index contributed by atoms with van der Waals surface area (Å²) >= 11 is 0. The van der Waals surface area contributed by atoms with E-state index in [9.17, 15) is 9.90 Å². The minimum Gasteiger partial charge on any atom is -0.508 e. The van der Waals surface area contributed by atoms with E-state index in [-0.39, 0.29) is 18.0 Å². The van der Waals surface area contributed by atoms with Crippen LogP contribution < -0.4 is 14.8 Å². The summed E-state index contributed by atoms with van der Waals surface area (Å²) in [6.07, 6.45) is -1.08. The maximum Gasteiger partial charge on any atom is 0.407 e. The number of ether oxygens (including phenoxy) is 4. The summed E-state index contributed by atoms with van der Waals surface area (Å²) in [6.45, 7) is 6.43. The van der Waals surface area contributed by atoms with Gasteiger partial charge in [-0.2, -0.15) is 0 Å². The largest absolute Gasteiger partial charge is 0.508 e. The molecule has 1 aromatic carbocycles. The first-order valence-electron chi connectivity index (χ1n) is 7.97. The molecule has 2 atom stereocenters. The molecule has 2 aliphatic heterocycles. The number of rotatable bonds is 2. The predicted molar refractivity (Wildman–Crippen MR) is 85.4 cm³/mol. The van der Waals surface area contributed by atoms with Gasteiger partial charge in [0.25, 0.3) is 0 Å². The van der Waals surface area contributed by atoms with Crippen LogP contribution in [0.4, 0.5) is 4.79 Å². The highest BCUT2D eigenvalue weighted by molar-refractivity contribution is 5.67. The van der Waals surface area contributed by atoms with Gasteiger partial charge in [-0.3, -0.25) is 0 Å². The van der Waals surface area contributed by atoms with E-state index in [4.69, 9.17) is 18.9 Å². The monoisotopic (exact) mass is 337 g/mol. The predicted octanol–water partition coefficient (Wildman–Crippen LogP) is 2.51. The lowest BCUT2D eigenvalue weighted by Gasteiger charge is -2.39. The van der Waals surface area contributed by atoms with Crippen molar-refractivity contribution < 1.29 is 28.8 Å². The van der Waals surface area contributed by atoms with Gasteiger partial charge in [0.05, 0.1) is 6.61 Å². The van der Waals surface area contributed by atoms with E-state index in [0.29, 0.717) is 30.1 Å². The van der Waals surface area contributed by atoms with Gasteiger partial charge in [0, 0.05) is 29.7 Å². The van der Waals surface area contributed by atoms with Crippen LogP contribution in [-0.4, -0.2) is 37.8 Å². The molecule has 2 heterocycles. The fourth-order valence-corrected chi connectivity index (χ4v) is 3.13. The molecule has 132 valence electrons. The zero-order valence-electron chi connectivity index (χ0n) is 14.3. The average molecular weight is 337 g/mol. The number of benzene rings is 1. The van der Waals surface area contributed by atoms with Gasteiger partial charge in [-0.05, 0) is 6.42 Å². The SMILES string of the molecule is CNC(=O)OC(C1OCCc2c(O)cc3c(c21)OCO3)C(C)(C)C. The number of phenolic OH excluding ortho intramolecular Hbond substituents is 1. The van der Waals surface area contributed by atoms with Crippen molar-refractivity contribution in [3.05, 3.63) is 17.2 Å². The van der Waals surface area contributed by atoms with Crippen LogP contribution in [0.25, 0.3) is 0 Å². The highest BCUT2D eigenvalue weighted by Gasteiger charge is 2.43. The van der Waals surface area contributed by atoms with Crippen molar-refractivity contribution >= 4 is 6.09 Å². The zero-order chi connectivity index (χ0) is 17.5. The molecule has 7 heteroatoms. The van der Waals surface area contributed by atoms with E-state index in [0.717, 1.165) is 5.56 Å². The maximum atomic E-state index is 11.8. The molecular weight excluding hydrogens is 314 g/mol. The second-order valence-corrected chi connectivity index (χ2v) is 7.01. The van der Waals surface area contributed by atoms with E-state index >= 15 is 0 Å². The number of hydrogen-bond acceptors (Lipinski definition) is 6. The van der Waals surface area contributed by atoms with Crippen molar-refractivity contribution in [3.8, 4) is 17.2 Å². The van der Waals surface area contributed by atoms with Crippen molar-refractivity contribution in [3.63, 3.8) is 0 Å². The molecule has 2 aliphatic rings. The van der Waals surface area contributed by atoms with Gasteiger partial charge >= 0.3 is 6.09 Å². The maximum absolute atomic E-state index is 11.8. The van der Waals surface area contributed by atoms with Crippen LogP contribution in [0.3, 0.4) is 0 Å². The number of fused-ring (bicyclic) bond motifs is 3. The van der Waals surface area contributed by atoms with Crippen LogP contribution in [0.15, 0.2) is 6.07 Å². The van der Waals surface area contributed by atoms with E-state index < -0.39 is 18.3 Å². The Balaban J connectivity index is 2.08. The van der Waals surface area contributed by atoms with E-state index in [1.54, 1.807) is 6.07 Å². The smallest absolute Gasteiger partial charge is 0.407 e. The second-order valence-electron chi connectivity index (χ2n) is 7.01. The molecule has 0 radical (unpaired) electrons. The molecule has 24 heavy (non-hydrogen) atoms. The van der Waals surface area contributed by atoms with Crippen molar-refractivity contribution in [1.29, 1.82) is 0 Å². The Bertz CT molecular complexity index is 648. The Hall–Kier alpha value is -2.15. The third-order valence-corrected chi connectivity index (χ3v) is 4.29. The van der Waals surface area contributed by atoms with Crippen molar-refractivity contribution in [2.75, 3.05) is 20.4 Å². The molecule has 2 unspecified atom stereocenters. The fraction of sp³-hybridized carbons (Fsp3) is 0.588. The number of amides is 1. The van der Waals surface area contributed by atoms with E-state index in [2.05, 4.69) is 5.32 Å². The van der Waals surface area contributed by atoms with Gasteiger partial charge in [0.15, 0.2) is 11.5 Å². The third-order valence-electron chi connectivity index (χ3n) is 4.29. The highest BCUT2D eigenvalue weighted by Crippen LogP contribution is 2.50. The first-order chi connectivity index (χ1) is 11.3. The van der Waals surface area contributed by atoms with Gasteiger partial charge in [0.1, 0.15) is 18.0 Å². The Morgan fingerprint density at radius 1 is 1.42 bits per heavy atom. The Morgan fingerprint density at radius 2 is 2.17 bits per heavy atom. The summed E-state index contributed by atoms with van der Waals surface area (Å²) < 4.78 is 22.6. The second kappa shape index (κ2) is 6.05. The molecular formula is C17H23NO6. The lowest BCUT2D eigenvalue weighted by atomic mass is 9.80. The number of hydrogen-bond donors (Lipinski definition) is 2. The number of nitrogens with one attached hydrogen (secondary N) is 1. The molecule has 0 saturated carbocycles. The molecule has 7 nitrogen and oxygen atoms in total. The Labute approximate surface area is 140 Å². The van der Waals surface area contributed by atoms with Crippen molar-refractivity contribution in [2.24, 2.45) is 5.41 Å².